The molecule has 1 N–H and O–H groups in total. The van der Waals surface area contributed by atoms with Crippen molar-refractivity contribution in [2.24, 2.45) is 0 Å². The van der Waals surface area contributed by atoms with E-state index in [1.54, 1.807) is 0 Å². The van der Waals surface area contributed by atoms with Gasteiger partial charge in [0.2, 0.25) is 0 Å². The van der Waals surface area contributed by atoms with Crippen LogP contribution in [0.2, 0.25) is 0 Å². The zero-order valence-corrected chi connectivity index (χ0v) is 44.8. The molecule has 0 aliphatic rings. The molecule has 0 rings (SSSR count). The fourth-order valence-corrected chi connectivity index (χ4v) is 6.25. The Morgan fingerprint density at radius 2 is 0.789 bits per heavy atom. The van der Waals surface area contributed by atoms with E-state index in [9.17, 15) is 19.5 Å². The smallest absolute Gasteiger partial charge is 0.361 e. The van der Waals surface area contributed by atoms with Crippen LogP contribution < -0.4 is 0 Å². The number of aliphatic carboxylic acids is 1. The molecule has 9 nitrogen and oxygen atoms in total. The van der Waals surface area contributed by atoms with Crippen molar-refractivity contribution in [2.75, 3.05) is 47.5 Å². The summed E-state index contributed by atoms with van der Waals surface area (Å²) in [7, 11) is 5.92. The number of likely N-dealkylation sites (N-methyl/N-ethyl adjacent to an activating group) is 1. The van der Waals surface area contributed by atoms with Crippen LogP contribution in [0.25, 0.3) is 0 Å². The number of hydrogen-bond donors (Lipinski definition) is 1. The predicted molar refractivity (Wildman–Crippen MR) is 299 cm³/mol. The number of esters is 2. The Balaban J connectivity index is 4.37. The molecule has 71 heavy (non-hydrogen) atoms. The van der Waals surface area contributed by atoms with Gasteiger partial charge in [-0.05, 0) is 109 Å². The average Bonchev–Trinajstić information content (AvgIpc) is 3.34. The number of quaternary nitrogens is 1. The van der Waals surface area contributed by atoms with Gasteiger partial charge in [0.1, 0.15) is 13.2 Å². The standard InChI is InChI=1S/C62H95NO8/c1-6-8-10-12-14-16-18-20-21-22-23-24-25-26-27-28-29-30-31-32-33-34-35-36-37-38-39-41-43-45-47-49-51-53-60(65)71-58(57-70-62(61(66)67)68-55-54-63(3,4)5)56-69-59(64)52-50-48-46-44-42-40-19-17-15-13-11-9-7-2/h8-11,14-17,20-21,23-24,26-27,29-30,32-33,35-36,38-40,42,46,48,58,62H,6-7,12-13,18-19,22,25,28,31,34,37,41,43-45,47,49-57H2,1-5H3/p+1/b10-8-,11-9-,16-14-,17-15-,21-20-,24-23-,27-26-,30-29-,33-32-,36-35-,39-38-,42-40-,48-46-. The van der Waals surface area contributed by atoms with Crippen LogP contribution in [0.4, 0.5) is 0 Å². The molecule has 0 aromatic heterocycles. The quantitative estimate of drug-likeness (QED) is 0.0211. The molecule has 396 valence electrons. The van der Waals surface area contributed by atoms with E-state index in [4.69, 9.17) is 18.9 Å². The Morgan fingerprint density at radius 3 is 1.18 bits per heavy atom. The highest BCUT2D eigenvalue weighted by Gasteiger charge is 2.25. The summed E-state index contributed by atoms with van der Waals surface area (Å²) in [4.78, 5) is 37.2. The van der Waals surface area contributed by atoms with Crippen molar-refractivity contribution < 1.29 is 42.9 Å². The van der Waals surface area contributed by atoms with Crippen molar-refractivity contribution in [1.82, 2.24) is 0 Å². The van der Waals surface area contributed by atoms with E-state index >= 15 is 0 Å². The summed E-state index contributed by atoms with van der Waals surface area (Å²) in [5.74, 6) is -2.17. The summed E-state index contributed by atoms with van der Waals surface area (Å²) < 4.78 is 22.6. The molecule has 0 aromatic rings. The summed E-state index contributed by atoms with van der Waals surface area (Å²) in [5, 5.41) is 9.66. The molecule has 0 spiro atoms. The van der Waals surface area contributed by atoms with Gasteiger partial charge in [-0.15, -0.1) is 0 Å². The third-order valence-corrected chi connectivity index (χ3v) is 10.3. The van der Waals surface area contributed by atoms with Crippen molar-refractivity contribution in [3.8, 4) is 0 Å². The Hall–Kier alpha value is -5.09. The highest BCUT2D eigenvalue weighted by atomic mass is 16.7. The van der Waals surface area contributed by atoms with Crippen LogP contribution in [-0.2, 0) is 33.3 Å². The number of carboxylic acids is 1. The lowest BCUT2D eigenvalue weighted by Gasteiger charge is -2.25. The number of allylic oxidation sites excluding steroid dienone is 26. The van der Waals surface area contributed by atoms with E-state index in [0.717, 1.165) is 116 Å². The third kappa shape index (κ3) is 52.6. The SMILES string of the molecule is CC/C=C\C/C=C\C/C=C\C/C=C\C/C=C\C/C=C\C/C=C\C/C=C\C/C=C\CCCCCCCC(=O)OC(COC(=O)CC/C=C\C/C=C\C/C=C\C/C=C\CC)COC(OCC[N+](C)(C)C)C(=O)O. The molecule has 0 amide bonds. The molecule has 0 aliphatic carbocycles. The van der Waals surface area contributed by atoms with Gasteiger partial charge in [-0.3, -0.25) is 9.59 Å². The van der Waals surface area contributed by atoms with Crippen LogP contribution >= 0.6 is 0 Å². The monoisotopic (exact) mass is 983 g/mol. The molecule has 0 aliphatic heterocycles. The number of hydrogen-bond acceptors (Lipinski definition) is 7. The minimum absolute atomic E-state index is 0.163. The number of rotatable bonds is 46. The molecule has 9 heteroatoms. The molecule has 0 heterocycles. The van der Waals surface area contributed by atoms with Gasteiger partial charge < -0.3 is 28.5 Å². The molecule has 0 saturated heterocycles. The van der Waals surface area contributed by atoms with Crippen molar-refractivity contribution >= 4 is 17.9 Å². The topological polar surface area (TPSA) is 108 Å². The molecule has 0 bridgehead atoms. The number of carbonyl (C=O) groups excluding carboxylic acids is 2. The highest BCUT2D eigenvalue weighted by Crippen LogP contribution is 2.11. The van der Waals surface area contributed by atoms with Crippen molar-refractivity contribution in [1.29, 1.82) is 0 Å². The first-order valence-corrected chi connectivity index (χ1v) is 26.6. The summed E-state index contributed by atoms with van der Waals surface area (Å²) in [5.41, 5.74) is 0. The summed E-state index contributed by atoms with van der Waals surface area (Å²) >= 11 is 0. The summed E-state index contributed by atoms with van der Waals surface area (Å²) in [6.45, 7) is 4.49. The first-order chi connectivity index (χ1) is 34.6. The lowest BCUT2D eigenvalue weighted by molar-refractivity contribution is -0.870. The maximum absolute atomic E-state index is 12.8. The minimum Gasteiger partial charge on any atom is -0.477 e. The van der Waals surface area contributed by atoms with E-state index in [0.29, 0.717) is 23.9 Å². The van der Waals surface area contributed by atoms with Crippen LogP contribution in [0, 0.1) is 0 Å². The Bertz CT molecular complexity index is 1710. The van der Waals surface area contributed by atoms with Crippen LogP contribution in [0.3, 0.4) is 0 Å². The summed E-state index contributed by atoms with van der Waals surface area (Å²) in [6.07, 6.45) is 73.4. The average molecular weight is 983 g/mol. The maximum atomic E-state index is 12.8. The molecular formula is C62H96NO8+. The fraction of sp³-hybridized carbons (Fsp3) is 0.532. The minimum atomic E-state index is -1.54. The van der Waals surface area contributed by atoms with Gasteiger partial charge >= 0.3 is 17.9 Å². The van der Waals surface area contributed by atoms with Gasteiger partial charge in [0.25, 0.3) is 6.29 Å². The first kappa shape index (κ1) is 65.9. The van der Waals surface area contributed by atoms with Crippen LogP contribution in [0.1, 0.15) is 155 Å². The molecule has 0 fully saturated rings. The van der Waals surface area contributed by atoms with Crippen LogP contribution in [0.5, 0.6) is 0 Å². The Morgan fingerprint density at radius 1 is 0.423 bits per heavy atom. The highest BCUT2D eigenvalue weighted by molar-refractivity contribution is 5.71. The normalized spacial score (nSPS) is 14.1. The second-order valence-corrected chi connectivity index (χ2v) is 18.1. The zero-order valence-electron chi connectivity index (χ0n) is 44.8. The maximum Gasteiger partial charge on any atom is 0.361 e. The largest absolute Gasteiger partial charge is 0.477 e. The zero-order chi connectivity index (χ0) is 52.0. The second-order valence-electron chi connectivity index (χ2n) is 18.1. The van der Waals surface area contributed by atoms with Gasteiger partial charge in [0, 0.05) is 12.8 Å². The van der Waals surface area contributed by atoms with E-state index in [-0.39, 0.29) is 32.7 Å². The Kier molecular flexibility index (Phi) is 47.6. The molecule has 2 unspecified atom stereocenters. The van der Waals surface area contributed by atoms with Crippen molar-refractivity contribution in [3.63, 3.8) is 0 Å². The number of unbranched alkanes of at least 4 members (excludes halogenated alkanes) is 5. The van der Waals surface area contributed by atoms with Crippen molar-refractivity contribution in [3.05, 3.63) is 158 Å². The van der Waals surface area contributed by atoms with Gasteiger partial charge in [-0.25, -0.2) is 4.79 Å². The Labute approximate surface area is 432 Å². The first-order valence-electron chi connectivity index (χ1n) is 26.6. The second kappa shape index (κ2) is 51.3. The van der Waals surface area contributed by atoms with E-state index in [1.807, 2.05) is 33.3 Å². The molecular weight excluding hydrogens is 887 g/mol. The molecule has 0 radical (unpaired) electrons. The molecule has 0 saturated carbocycles. The lowest BCUT2D eigenvalue weighted by Crippen LogP contribution is -2.40. The lowest BCUT2D eigenvalue weighted by atomic mass is 10.1. The molecule has 0 aromatic carbocycles. The number of carboxylic acid groups (broad SMARTS) is 1. The van der Waals surface area contributed by atoms with Gasteiger partial charge in [-0.2, -0.15) is 0 Å². The number of nitrogens with zero attached hydrogens (tertiary/aromatic N) is 1. The van der Waals surface area contributed by atoms with Gasteiger partial charge in [-0.1, -0.05) is 191 Å². The van der Waals surface area contributed by atoms with E-state index in [2.05, 4.69) is 160 Å². The fourth-order valence-electron chi connectivity index (χ4n) is 6.25. The van der Waals surface area contributed by atoms with Crippen molar-refractivity contribution in [2.45, 2.75) is 167 Å². The van der Waals surface area contributed by atoms with Gasteiger partial charge in [0.15, 0.2) is 6.10 Å². The molecule has 2 atom stereocenters. The van der Waals surface area contributed by atoms with Gasteiger partial charge in [0.05, 0.1) is 34.4 Å². The van der Waals surface area contributed by atoms with Crippen LogP contribution in [-0.4, -0.2) is 87.4 Å². The number of ether oxygens (including phenoxy) is 4. The third-order valence-electron chi connectivity index (χ3n) is 10.3. The summed E-state index contributed by atoms with van der Waals surface area (Å²) in [6, 6.07) is 0. The predicted octanol–water partition coefficient (Wildman–Crippen LogP) is 15.4. The number of carbonyl (C=O) groups is 3. The van der Waals surface area contributed by atoms with E-state index < -0.39 is 30.3 Å². The van der Waals surface area contributed by atoms with E-state index in [1.165, 1.54) is 0 Å². The van der Waals surface area contributed by atoms with Crippen LogP contribution in [0.15, 0.2) is 158 Å².